The molecular weight excluding hydrogens is 335 g/mol. The number of carbonyl (C=O) groups excluding carboxylic acids is 1. The van der Waals surface area contributed by atoms with Crippen LogP contribution in [0.25, 0.3) is 0 Å². The Bertz CT molecular complexity index is 630. The van der Waals surface area contributed by atoms with E-state index in [2.05, 4.69) is 21.2 Å². The van der Waals surface area contributed by atoms with Gasteiger partial charge in [0, 0.05) is 0 Å². The lowest BCUT2D eigenvalue weighted by atomic mass is 10.1. The van der Waals surface area contributed by atoms with Gasteiger partial charge in [-0.05, 0) is 0 Å². The third-order valence-corrected chi connectivity index (χ3v) is 3.46. The van der Waals surface area contributed by atoms with Crippen molar-refractivity contribution in [3.63, 3.8) is 0 Å². The first-order chi connectivity index (χ1) is 10.7. The van der Waals surface area contributed by atoms with E-state index in [1.807, 2.05) is 0 Å². The smallest absolute Gasteiger partial charge is 0.470 e. The Balaban J connectivity index is 2.26. The predicted octanol–water partition coefficient (Wildman–Crippen LogP) is -1.73. The van der Waals surface area contributed by atoms with Crippen molar-refractivity contribution in [2.24, 2.45) is 5.73 Å². The van der Waals surface area contributed by atoms with Crippen LogP contribution in [0.4, 0.5) is 0 Å². The second kappa shape index (κ2) is 6.74. The minimum Gasteiger partial charge on any atom is -0.499 e. The van der Waals surface area contributed by atoms with Crippen LogP contribution < -0.4 is 5.73 Å². The first kappa shape index (κ1) is 17.5. The molecule has 1 aromatic heterocycles. The highest BCUT2D eigenvalue weighted by atomic mass is 31.2. The number of hydrogen-bond donors (Lipinski definition) is 4. The van der Waals surface area contributed by atoms with Crippen molar-refractivity contribution in [1.82, 2.24) is 14.8 Å². The number of aliphatic hydroxyl groups excluding tert-OH is 1. The highest BCUT2D eigenvalue weighted by Gasteiger charge is 2.49. The van der Waals surface area contributed by atoms with Gasteiger partial charge in [-0.15, -0.1) is 5.10 Å². The van der Waals surface area contributed by atoms with Gasteiger partial charge in [0.05, 0.1) is 6.26 Å². The van der Waals surface area contributed by atoms with Gasteiger partial charge < -0.3 is 30.1 Å². The van der Waals surface area contributed by atoms with Crippen molar-refractivity contribution in [1.29, 1.82) is 0 Å². The van der Waals surface area contributed by atoms with Gasteiger partial charge in [-0.3, -0.25) is 9.32 Å². The maximum atomic E-state index is 11.1. The molecule has 1 aliphatic heterocycles. The number of hydrogen-bond acceptors (Lipinski definition) is 8. The van der Waals surface area contributed by atoms with Crippen LogP contribution in [0.15, 0.2) is 19.2 Å². The Morgan fingerprint density at radius 1 is 1.61 bits per heavy atom. The fourth-order valence-electron chi connectivity index (χ4n) is 2.01. The van der Waals surface area contributed by atoms with Gasteiger partial charge in [-0.2, -0.15) is 0 Å². The first-order valence-corrected chi connectivity index (χ1v) is 7.77. The fraction of sp³-hybridized carbons (Fsp3) is 0.500. The molecule has 2 heterocycles. The summed E-state index contributed by atoms with van der Waals surface area (Å²) in [5.41, 5.74) is 5.03. The van der Waals surface area contributed by atoms with Gasteiger partial charge in [-0.1, -0.05) is 6.58 Å². The molecule has 1 aromatic rings. The molecule has 1 aliphatic rings. The third kappa shape index (κ3) is 4.13. The number of phosphoric ester groups is 1. The Morgan fingerprint density at radius 3 is 2.83 bits per heavy atom. The molecule has 0 aromatic carbocycles. The van der Waals surface area contributed by atoms with Crippen LogP contribution in [0.2, 0.25) is 0 Å². The minimum absolute atomic E-state index is 0.139. The number of carbonyl (C=O) groups is 1. The highest BCUT2D eigenvalue weighted by Crippen LogP contribution is 2.44. The zero-order valence-corrected chi connectivity index (χ0v) is 12.5. The summed E-state index contributed by atoms with van der Waals surface area (Å²) in [6.07, 6.45) is -2.97. The van der Waals surface area contributed by atoms with E-state index in [1.165, 1.54) is 0 Å². The standard InChI is InChI=1S/C10H15N4O8P/c1-2-20-3-5-6(15)7(22-23(17,18)19)10(21-5)14-4-12-9(13-14)8(11)16/h2,4-7,10,15H,1,3H2,(H2,11,16)(H2,17,18,19)/t5-,6-,7-,10-/m1/s1. The summed E-state index contributed by atoms with van der Waals surface area (Å²) in [7, 11) is -4.93. The first-order valence-electron chi connectivity index (χ1n) is 6.24. The lowest BCUT2D eigenvalue weighted by Gasteiger charge is -2.20. The molecular formula is C10H15N4O8P. The Hall–Kier alpha value is -1.82. The molecule has 0 saturated carbocycles. The highest BCUT2D eigenvalue weighted by molar-refractivity contribution is 7.46. The third-order valence-electron chi connectivity index (χ3n) is 2.94. The monoisotopic (exact) mass is 350 g/mol. The van der Waals surface area contributed by atoms with Crippen LogP contribution in [0, 0.1) is 0 Å². The molecule has 1 amide bonds. The number of aliphatic hydroxyl groups is 1. The van der Waals surface area contributed by atoms with Crippen LogP contribution in [0.1, 0.15) is 16.8 Å². The van der Waals surface area contributed by atoms with Crippen LogP contribution in [0.3, 0.4) is 0 Å². The molecule has 1 saturated heterocycles. The van der Waals surface area contributed by atoms with E-state index in [9.17, 15) is 14.5 Å². The SMILES string of the molecule is C=COC[C@H]1O[C@@H](n2cnc(C(N)=O)n2)[C@H](OP(=O)(O)O)[C@@H]1O. The van der Waals surface area contributed by atoms with Crippen molar-refractivity contribution in [2.45, 2.75) is 24.5 Å². The van der Waals surface area contributed by atoms with Gasteiger partial charge in [0.15, 0.2) is 6.23 Å². The van der Waals surface area contributed by atoms with Gasteiger partial charge in [0.2, 0.25) is 5.82 Å². The Morgan fingerprint density at radius 2 is 2.30 bits per heavy atom. The molecule has 5 N–H and O–H groups in total. The summed E-state index contributed by atoms with van der Waals surface area (Å²) < 4.78 is 27.0. The summed E-state index contributed by atoms with van der Waals surface area (Å²) >= 11 is 0. The quantitative estimate of drug-likeness (QED) is 0.326. The molecule has 4 atom stereocenters. The largest absolute Gasteiger partial charge is 0.499 e. The Labute approximate surface area is 129 Å². The van der Waals surface area contributed by atoms with Crippen LogP contribution in [-0.2, 0) is 18.6 Å². The van der Waals surface area contributed by atoms with Crippen LogP contribution in [0.5, 0.6) is 0 Å². The van der Waals surface area contributed by atoms with Crippen molar-refractivity contribution in [2.75, 3.05) is 6.61 Å². The average Bonchev–Trinajstić information content (AvgIpc) is 3.03. The second-order valence-electron chi connectivity index (χ2n) is 4.53. The normalized spacial score (nSPS) is 27.8. The summed E-state index contributed by atoms with van der Waals surface area (Å²) in [4.78, 5) is 32.6. The number of ether oxygens (including phenoxy) is 2. The number of amides is 1. The van der Waals surface area contributed by atoms with E-state index in [0.29, 0.717) is 0 Å². The van der Waals surface area contributed by atoms with Crippen molar-refractivity contribution >= 4 is 13.7 Å². The summed E-state index contributed by atoms with van der Waals surface area (Å²) in [5.74, 6) is -1.23. The number of rotatable bonds is 7. The van der Waals surface area contributed by atoms with E-state index in [4.69, 9.17) is 25.0 Å². The predicted molar refractivity (Wildman–Crippen MR) is 71.5 cm³/mol. The molecule has 23 heavy (non-hydrogen) atoms. The lowest BCUT2D eigenvalue weighted by Crippen LogP contribution is -2.35. The number of phosphoric acid groups is 1. The molecule has 12 nitrogen and oxygen atoms in total. The van der Waals surface area contributed by atoms with Crippen LogP contribution >= 0.6 is 7.82 Å². The van der Waals surface area contributed by atoms with E-state index in [-0.39, 0.29) is 12.4 Å². The lowest BCUT2D eigenvalue weighted by molar-refractivity contribution is -0.0598. The molecule has 13 heteroatoms. The van der Waals surface area contributed by atoms with Gasteiger partial charge in [-0.25, -0.2) is 14.2 Å². The van der Waals surface area contributed by atoms with Gasteiger partial charge >= 0.3 is 7.82 Å². The number of nitrogens with two attached hydrogens (primary N) is 1. The summed E-state index contributed by atoms with van der Waals surface area (Å²) in [6.45, 7) is 3.19. The molecule has 0 radical (unpaired) electrons. The Kier molecular flexibility index (Phi) is 5.14. The topological polar surface area (TPSA) is 179 Å². The van der Waals surface area contributed by atoms with E-state index in [1.54, 1.807) is 0 Å². The summed E-state index contributed by atoms with van der Waals surface area (Å²) in [5, 5.41) is 13.8. The van der Waals surface area contributed by atoms with Crippen molar-refractivity contribution < 1.29 is 38.3 Å². The molecule has 0 unspecified atom stereocenters. The number of primary amides is 1. The van der Waals surface area contributed by atoms with E-state index >= 15 is 0 Å². The molecule has 128 valence electrons. The zero-order chi connectivity index (χ0) is 17.2. The minimum atomic E-state index is -4.93. The van der Waals surface area contributed by atoms with E-state index in [0.717, 1.165) is 17.3 Å². The average molecular weight is 350 g/mol. The maximum Gasteiger partial charge on any atom is 0.470 e. The van der Waals surface area contributed by atoms with Gasteiger partial charge in [0.25, 0.3) is 5.91 Å². The number of nitrogens with zero attached hydrogens (tertiary/aromatic N) is 3. The molecule has 2 rings (SSSR count). The number of aromatic nitrogens is 3. The van der Waals surface area contributed by atoms with Gasteiger partial charge in [0.1, 0.15) is 31.2 Å². The van der Waals surface area contributed by atoms with Crippen molar-refractivity contribution in [3.05, 3.63) is 25.0 Å². The van der Waals surface area contributed by atoms with Crippen LogP contribution in [-0.4, -0.2) is 60.5 Å². The molecule has 0 bridgehead atoms. The summed E-state index contributed by atoms with van der Waals surface area (Å²) in [6, 6.07) is 0. The molecule has 0 spiro atoms. The molecule has 1 fully saturated rings. The van der Waals surface area contributed by atoms with E-state index < -0.39 is 38.3 Å². The fourth-order valence-corrected chi connectivity index (χ4v) is 2.56. The molecule has 0 aliphatic carbocycles. The second-order valence-corrected chi connectivity index (χ2v) is 5.72. The van der Waals surface area contributed by atoms with Crippen molar-refractivity contribution in [3.8, 4) is 0 Å². The zero-order valence-electron chi connectivity index (χ0n) is 11.6. The maximum absolute atomic E-state index is 11.1.